The van der Waals surface area contributed by atoms with Crippen molar-refractivity contribution in [3.05, 3.63) is 12.3 Å². The van der Waals surface area contributed by atoms with Gasteiger partial charge in [-0.3, -0.25) is 9.48 Å². The molecule has 0 spiro atoms. The molecule has 0 saturated carbocycles. The summed E-state index contributed by atoms with van der Waals surface area (Å²) in [7, 11) is 1.75. The van der Waals surface area contributed by atoms with Gasteiger partial charge in [0.15, 0.2) is 0 Å². The molecule has 0 radical (unpaired) electrons. The Bertz CT molecular complexity index is 279. The summed E-state index contributed by atoms with van der Waals surface area (Å²) in [5, 5.41) is 6.52. The summed E-state index contributed by atoms with van der Waals surface area (Å²) in [6.45, 7) is 1.63. The van der Waals surface area contributed by atoms with Crippen molar-refractivity contribution in [3.8, 4) is 0 Å². The molecule has 0 aliphatic carbocycles. The van der Waals surface area contributed by atoms with E-state index in [1.165, 1.54) is 0 Å². The van der Waals surface area contributed by atoms with E-state index in [0.717, 1.165) is 0 Å². The number of nitrogens with one attached hydrogen (secondary N) is 1. The minimum Gasteiger partial charge on any atom is -0.320 e. The molecule has 0 bridgehead atoms. The van der Waals surface area contributed by atoms with Crippen molar-refractivity contribution in [2.45, 2.75) is 13.0 Å². The van der Waals surface area contributed by atoms with Crippen LogP contribution in [0.1, 0.15) is 6.92 Å². The van der Waals surface area contributed by atoms with Crippen LogP contribution in [0.5, 0.6) is 0 Å². The fraction of sp³-hybridized carbons (Fsp3) is 0.429. The summed E-state index contributed by atoms with van der Waals surface area (Å²) in [5.41, 5.74) is 5.36. The number of aryl methyl sites for hydroxylation is 1. The van der Waals surface area contributed by atoms with Crippen LogP contribution in [0.3, 0.4) is 0 Å². The van der Waals surface area contributed by atoms with Crippen molar-refractivity contribution in [3.63, 3.8) is 0 Å². The number of hydrogen-bond donors (Lipinski definition) is 2. The number of aromatic nitrogens is 2. The lowest BCUT2D eigenvalue weighted by atomic mass is 10.3. The first-order valence-electron chi connectivity index (χ1n) is 3.65. The van der Waals surface area contributed by atoms with Gasteiger partial charge >= 0.3 is 0 Å². The van der Waals surface area contributed by atoms with Crippen molar-refractivity contribution < 1.29 is 4.79 Å². The number of amides is 1. The molecule has 5 heteroatoms. The summed E-state index contributed by atoms with van der Waals surface area (Å²) in [6.07, 6.45) is 1.61. The van der Waals surface area contributed by atoms with E-state index in [2.05, 4.69) is 10.4 Å². The highest BCUT2D eigenvalue weighted by Crippen LogP contribution is 2.02. The Hall–Kier alpha value is -1.36. The Kier molecular flexibility index (Phi) is 2.44. The Morgan fingerprint density at radius 1 is 1.83 bits per heavy atom. The Labute approximate surface area is 70.5 Å². The van der Waals surface area contributed by atoms with Gasteiger partial charge in [0.2, 0.25) is 5.91 Å². The van der Waals surface area contributed by atoms with Gasteiger partial charge in [-0.1, -0.05) is 0 Å². The number of nitrogens with two attached hydrogens (primary N) is 1. The maximum atomic E-state index is 11.1. The first-order valence-corrected chi connectivity index (χ1v) is 3.65. The fourth-order valence-electron chi connectivity index (χ4n) is 0.737. The number of hydrogen-bond acceptors (Lipinski definition) is 3. The molecule has 3 N–H and O–H groups in total. The van der Waals surface area contributed by atoms with Crippen LogP contribution in [-0.4, -0.2) is 21.7 Å². The van der Waals surface area contributed by atoms with Gasteiger partial charge in [-0.05, 0) is 6.92 Å². The molecule has 0 aliphatic rings. The number of carbonyl (C=O) groups excluding carboxylic acids is 1. The molecule has 1 unspecified atom stereocenters. The highest BCUT2D eigenvalue weighted by atomic mass is 16.2. The van der Waals surface area contributed by atoms with Crippen LogP contribution in [0, 0.1) is 0 Å². The number of carbonyl (C=O) groups is 1. The molecule has 0 aliphatic heterocycles. The molecule has 0 aromatic carbocycles. The number of rotatable bonds is 2. The lowest BCUT2D eigenvalue weighted by molar-refractivity contribution is -0.117. The van der Waals surface area contributed by atoms with Crippen LogP contribution >= 0.6 is 0 Å². The monoisotopic (exact) mass is 168 g/mol. The first kappa shape index (κ1) is 8.73. The first-order chi connectivity index (χ1) is 5.61. The molecule has 1 amide bonds. The van der Waals surface area contributed by atoms with Crippen LogP contribution in [0.15, 0.2) is 12.3 Å². The van der Waals surface area contributed by atoms with Crippen LogP contribution in [0.25, 0.3) is 0 Å². The minimum absolute atomic E-state index is 0.210. The molecule has 1 atom stereocenters. The van der Waals surface area contributed by atoms with E-state index in [-0.39, 0.29) is 5.91 Å². The third-order valence-corrected chi connectivity index (χ3v) is 1.49. The third kappa shape index (κ3) is 1.82. The minimum atomic E-state index is -0.500. The van der Waals surface area contributed by atoms with E-state index in [1.54, 1.807) is 30.9 Å². The SMILES string of the molecule is CC(N)C(=O)Nc1ccnn1C. The average Bonchev–Trinajstić information content (AvgIpc) is 2.36. The van der Waals surface area contributed by atoms with Crippen LogP contribution in [0.4, 0.5) is 5.82 Å². The van der Waals surface area contributed by atoms with E-state index < -0.39 is 6.04 Å². The zero-order valence-electron chi connectivity index (χ0n) is 7.11. The fourth-order valence-corrected chi connectivity index (χ4v) is 0.737. The van der Waals surface area contributed by atoms with Gasteiger partial charge in [0, 0.05) is 13.1 Å². The lowest BCUT2D eigenvalue weighted by Gasteiger charge is -2.06. The average molecular weight is 168 g/mol. The normalized spacial score (nSPS) is 12.6. The van der Waals surface area contributed by atoms with Crippen molar-refractivity contribution in [1.29, 1.82) is 0 Å². The molecule has 1 aromatic rings. The van der Waals surface area contributed by atoms with Gasteiger partial charge in [0.05, 0.1) is 12.2 Å². The zero-order valence-corrected chi connectivity index (χ0v) is 7.11. The second kappa shape index (κ2) is 3.36. The summed E-state index contributed by atoms with van der Waals surface area (Å²) in [4.78, 5) is 11.1. The Morgan fingerprint density at radius 2 is 2.50 bits per heavy atom. The predicted octanol–water partition coefficient (Wildman–Crippen LogP) is -0.294. The highest BCUT2D eigenvalue weighted by Gasteiger charge is 2.08. The van der Waals surface area contributed by atoms with Gasteiger partial charge in [0.1, 0.15) is 5.82 Å². The Morgan fingerprint density at radius 3 is 2.92 bits per heavy atom. The molecule has 1 aromatic heterocycles. The maximum absolute atomic E-state index is 11.1. The van der Waals surface area contributed by atoms with Crippen molar-refractivity contribution in [1.82, 2.24) is 9.78 Å². The predicted molar refractivity (Wildman–Crippen MR) is 45.5 cm³/mol. The summed E-state index contributed by atoms with van der Waals surface area (Å²) in [5.74, 6) is 0.441. The van der Waals surface area contributed by atoms with Crippen molar-refractivity contribution >= 4 is 11.7 Å². The largest absolute Gasteiger partial charge is 0.320 e. The molecule has 0 fully saturated rings. The van der Waals surface area contributed by atoms with Gasteiger partial charge in [-0.25, -0.2) is 0 Å². The van der Waals surface area contributed by atoms with Crippen LogP contribution in [0.2, 0.25) is 0 Å². The third-order valence-electron chi connectivity index (χ3n) is 1.49. The van der Waals surface area contributed by atoms with Gasteiger partial charge in [0.25, 0.3) is 0 Å². The quantitative estimate of drug-likeness (QED) is 0.637. The van der Waals surface area contributed by atoms with Crippen molar-refractivity contribution in [2.75, 3.05) is 5.32 Å². The van der Waals surface area contributed by atoms with Gasteiger partial charge in [-0.15, -0.1) is 0 Å². The smallest absolute Gasteiger partial charge is 0.242 e. The molecular weight excluding hydrogens is 156 g/mol. The number of nitrogens with zero attached hydrogens (tertiary/aromatic N) is 2. The van der Waals surface area contributed by atoms with Crippen LogP contribution < -0.4 is 11.1 Å². The summed E-state index contributed by atoms with van der Waals surface area (Å²) >= 11 is 0. The van der Waals surface area contributed by atoms with E-state index in [0.29, 0.717) is 5.82 Å². The van der Waals surface area contributed by atoms with Crippen LogP contribution in [-0.2, 0) is 11.8 Å². The highest BCUT2D eigenvalue weighted by molar-refractivity contribution is 5.93. The van der Waals surface area contributed by atoms with E-state index in [4.69, 9.17) is 5.73 Å². The van der Waals surface area contributed by atoms with E-state index in [1.807, 2.05) is 0 Å². The molecular formula is C7H12N4O. The number of anilines is 1. The molecule has 1 heterocycles. The van der Waals surface area contributed by atoms with Crippen molar-refractivity contribution in [2.24, 2.45) is 12.8 Å². The molecule has 66 valence electrons. The molecule has 1 rings (SSSR count). The standard InChI is InChI=1S/C7H12N4O/c1-5(8)7(12)10-6-3-4-9-11(6)2/h3-5H,8H2,1-2H3,(H,10,12). The lowest BCUT2D eigenvalue weighted by Crippen LogP contribution is -2.33. The molecule has 5 nitrogen and oxygen atoms in total. The molecule has 0 saturated heterocycles. The topological polar surface area (TPSA) is 72.9 Å². The second-order valence-electron chi connectivity index (χ2n) is 2.62. The van der Waals surface area contributed by atoms with E-state index >= 15 is 0 Å². The Balaban J connectivity index is 2.64. The zero-order chi connectivity index (χ0) is 9.14. The van der Waals surface area contributed by atoms with Gasteiger partial charge < -0.3 is 11.1 Å². The summed E-state index contributed by atoms with van der Waals surface area (Å²) in [6, 6.07) is 1.21. The molecule has 12 heavy (non-hydrogen) atoms. The second-order valence-corrected chi connectivity index (χ2v) is 2.62. The van der Waals surface area contributed by atoms with E-state index in [9.17, 15) is 4.79 Å². The summed E-state index contributed by atoms with van der Waals surface area (Å²) < 4.78 is 1.57. The van der Waals surface area contributed by atoms with Gasteiger partial charge in [-0.2, -0.15) is 5.10 Å². The maximum Gasteiger partial charge on any atom is 0.242 e.